The van der Waals surface area contributed by atoms with Crippen molar-refractivity contribution in [2.24, 2.45) is 0 Å². The molecule has 36 heavy (non-hydrogen) atoms. The lowest BCUT2D eigenvalue weighted by molar-refractivity contribution is -0.274. The summed E-state index contributed by atoms with van der Waals surface area (Å²) in [5, 5.41) is 0. The Hall–Kier alpha value is -2.60. The van der Waals surface area contributed by atoms with Crippen molar-refractivity contribution >= 4 is 38.7 Å². The normalized spacial score (nSPS) is 16.7. The van der Waals surface area contributed by atoms with Crippen molar-refractivity contribution in [3.63, 3.8) is 0 Å². The van der Waals surface area contributed by atoms with Crippen molar-refractivity contribution in [3.05, 3.63) is 70.6 Å². The second kappa shape index (κ2) is 10.8. The molecule has 1 aromatic heterocycles. The number of hydrogen-bond acceptors (Lipinski definition) is 6. The summed E-state index contributed by atoms with van der Waals surface area (Å²) in [6.07, 6.45) is -3.14. The quantitative estimate of drug-likeness (QED) is 0.301. The van der Waals surface area contributed by atoms with Crippen LogP contribution in [0, 0.1) is 0 Å². The standard InChI is InChI=1S/C24H21ClF3NO5S2/c25-22-12-13-23(35-22)36(31,32)29-14-2-5-20(29)21(30)11-8-16-6-9-17(10-7-16)33-18-3-1-4-19(15-18)34-24(26,27)28/h1,3-4,6-7,9-10,12-13,15,20H,2,5,8,11,14H2/t20-/m0/s1. The van der Waals surface area contributed by atoms with Crippen LogP contribution in [0.2, 0.25) is 4.34 Å². The van der Waals surface area contributed by atoms with E-state index in [1.54, 1.807) is 24.3 Å². The zero-order valence-corrected chi connectivity index (χ0v) is 21.1. The zero-order chi connectivity index (χ0) is 25.9. The van der Waals surface area contributed by atoms with Crippen LogP contribution in [0.4, 0.5) is 13.2 Å². The number of alkyl halides is 3. The minimum Gasteiger partial charge on any atom is -0.457 e. The number of carbonyl (C=O) groups is 1. The van der Waals surface area contributed by atoms with Gasteiger partial charge < -0.3 is 9.47 Å². The molecule has 3 aromatic rings. The number of thiophene rings is 1. The Morgan fingerprint density at radius 1 is 1.06 bits per heavy atom. The molecular weight excluding hydrogens is 539 g/mol. The van der Waals surface area contributed by atoms with Crippen LogP contribution >= 0.6 is 22.9 Å². The third kappa shape index (κ3) is 6.58. The Morgan fingerprint density at radius 3 is 2.44 bits per heavy atom. The second-order valence-electron chi connectivity index (χ2n) is 8.07. The average Bonchev–Trinajstić information content (AvgIpc) is 3.48. The SMILES string of the molecule is O=C(CCc1ccc(Oc2cccc(OC(F)(F)F)c2)cc1)[C@@H]1CCCN1S(=O)(=O)c1ccc(Cl)s1. The maximum Gasteiger partial charge on any atom is 0.573 e. The van der Waals surface area contributed by atoms with Crippen molar-refractivity contribution in [2.45, 2.75) is 42.3 Å². The molecule has 0 saturated carbocycles. The molecule has 0 bridgehead atoms. The Bertz CT molecular complexity index is 1330. The van der Waals surface area contributed by atoms with E-state index < -0.39 is 22.4 Å². The molecule has 12 heteroatoms. The third-order valence-corrected chi connectivity index (χ3v) is 9.15. The lowest BCUT2D eigenvalue weighted by Crippen LogP contribution is -2.40. The highest BCUT2D eigenvalue weighted by Gasteiger charge is 2.39. The summed E-state index contributed by atoms with van der Waals surface area (Å²) in [5.41, 5.74) is 0.835. The van der Waals surface area contributed by atoms with Gasteiger partial charge in [-0.3, -0.25) is 4.79 Å². The Labute approximate surface area is 215 Å². The van der Waals surface area contributed by atoms with E-state index in [1.165, 1.54) is 34.6 Å². The summed E-state index contributed by atoms with van der Waals surface area (Å²) in [5.74, 6) is 0.0342. The predicted molar refractivity (Wildman–Crippen MR) is 129 cm³/mol. The first-order valence-corrected chi connectivity index (χ1v) is 13.6. The summed E-state index contributed by atoms with van der Waals surface area (Å²) >= 11 is 6.86. The van der Waals surface area contributed by atoms with E-state index in [1.807, 2.05) is 0 Å². The molecule has 1 aliphatic rings. The molecule has 0 radical (unpaired) electrons. The fourth-order valence-electron chi connectivity index (χ4n) is 3.93. The summed E-state index contributed by atoms with van der Waals surface area (Å²) in [6, 6.07) is 14.2. The van der Waals surface area contributed by atoms with E-state index in [9.17, 15) is 26.4 Å². The number of ether oxygens (including phenoxy) is 2. The fourth-order valence-corrected chi connectivity index (χ4v) is 7.22. The molecule has 2 heterocycles. The molecular formula is C24H21ClF3NO5S2. The molecule has 1 aliphatic heterocycles. The van der Waals surface area contributed by atoms with Crippen LogP contribution in [-0.2, 0) is 21.2 Å². The summed E-state index contributed by atoms with van der Waals surface area (Å²) < 4.78 is 74.4. The van der Waals surface area contributed by atoms with Crippen LogP contribution in [-0.4, -0.2) is 37.5 Å². The molecule has 2 aromatic carbocycles. The predicted octanol–water partition coefficient (Wildman–Crippen LogP) is 6.45. The van der Waals surface area contributed by atoms with E-state index in [2.05, 4.69) is 4.74 Å². The molecule has 1 atom stereocenters. The van der Waals surface area contributed by atoms with Gasteiger partial charge in [-0.15, -0.1) is 24.5 Å². The monoisotopic (exact) mass is 559 g/mol. The fraction of sp³-hybridized carbons (Fsp3) is 0.292. The maximum atomic E-state index is 13.0. The van der Waals surface area contributed by atoms with Gasteiger partial charge in [0.1, 0.15) is 21.5 Å². The van der Waals surface area contributed by atoms with Gasteiger partial charge in [0.05, 0.1) is 10.4 Å². The number of hydrogen-bond donors (Lipinski definition) is 0. The van der Waals surface area contributed by atoms with Crippen LogP contribution in [0.3, 0.4) is 0 Å². The van der Waals surface area contributed by atoms with Gasteiger partial charge in [0, 0.05) is 19.0 Å². The van der Waals surface area contributed by atoms with Crippen LogP contribution in [0.15, 0.2) is 64.9 Å². The number of rotatable bonds is 9. The van der Waals surface area contributed by atoms with Gasteiger partial charge in [0.2, 0.25) is 0 Å². The first kappa shape index (κ1) is 26.5. The van der Waals surface area contributed by atoms with Crippen LogP contribution < -0.4 is 9.47 Å². The third-order valence-electron chi connectivity index (χ3n) is 5.55. The van der Waals surface area contributed by atoms with Gasteiger partial charge in [-0.25, -0.2) is 8.42 Å². The van der Waals surface area contributed by atoms with Crippen molar-refractivity contribution < 1.29 is 35.9 Å². The molecule has 4 rings (SSSR count). The van der Waals surface area contributed by atoms with Crippen molar-refractivity contribution in [1.29, 1.82) is 0 Å². The molecule has 6 nitrogen and oxygen atoms in total. The average molecular weight is 560 g/mol. The number of sulfonamides is 1. The maximum absolute atomic E-state index is 13.0. The van der Waals surface area contributed by atoms with E-state index in [0.717, 1.165) is 23.0 Å². The number of carbonyl (C=O) groups excluding carboxylic acids is 1. The largest absolute Gasteiger partial charge is 0.573 e. The zero-order valence-electron chi connectivity index (χ0n) is 18.7. The molecule has 1 saturated heterocycles. The van der Waals surface area contributed by atoms with E-state index in [4.69, 9.17) is 16.3 Å². The summed E-state index contributed by atoms with van der Waals surface area (Å²) in [4.78, 5) is 12.9. The lowest BCUT2D eigenvalue weighted by Gasteiger charge is -2.22. The second-order valence-corrected chi connectivity index (χ2v) is 11.9. The number of aryl methyl sites for hydroxylation is 1. The van der Waals surface area contributed by atoms with Crippen molar-refractivity contribution in [2.75, 3.05) is 6.54 Å². The molecule has 0 N–H and O–H groups in total. The smallest absolute Gasteiger partial charge is 0.457 e. The van der Waals surface area contributed by atoms with Gasteiger partial charge in [0.15, 0.2) is 5.78 Å². The molecule has 0 unspecified atom stereocenters. The number of halogens is 4. The van der Waals surface area contributed by atoms with Gasteiger partial charge in [-0.05, 0) is 61.2 Å². The number of benzene rings is 2. The van der Waals surface area contributed by atoms with E-state index in [0.29, 0.717) is 29.3 Å². The highest BCUT2D eigenvalue weighted by molar-refractivity contribution is 7.91. The van der Waals surface area contributed by atoms with Crippen molar-refractivity contribution in [3.8, 4) is 17.2 Å². The molecule has 0 spiro atoms. The Morgan fingerprint density at radius 2 is 1.78 bits per heavy atom. The molecule has 1 fully saturated rings. The van der Waals surface area contributed by atoms with Gasteiger partial charge in [-0.1, -0.05) is 29.8 Å². The highest BCUT2D eigenvalue weighted by atomic mass is 35.5. The molecule has 192 valence electrons. The first-order chi connectivity index (χ1) is 17.0. The lowest BCUT2D eigenvalue weighted by atomic mass is 10.0. The van der Waals surface area contributed by atoms with Crippen LogP contribution in [0.25, 0.3) is 0 Å². The highest BCUT2D eigenvalue weighted by Crippen LogP contribution is 2.33. The molecule has 0 aliphatic carbocycles. The number of nitrogens with zero attached hydrogens (tertiary/aromatic N) is 1. The topological polar surface area (TPSA) is 72.9 Å². The van der Waals surface area contributed by atoms with Crippen LogP contribution in [0.5, 0.6) is 17.2 Å². The number of Topliss-reactive ketones (excluding diaryl/α,β-unsaturated/α-hetero) is 1. The van der Waals surface area contributed by atoms with E-state index in [-0.39, 0.29) is 34.5 Å². The first-order valence-electron chi connectivity index (χ1n) is 10.9. The Kier molecular flexibility index (Phi) is 7.93. The minimum absolute atomic E-state index is 0.123. The van der Waals surface area contributed by atoms with E-state index >= 15 is 0 Å². The van der Waals surface area contributed by atoms with Gasteiger partial charge in [-0.2, -0.15) is 4.31 Å². The summed E-state index contributed by atoms with van der Waals surface area (Å²) in [6.45, 7) is 0.287. The van der Waals surface area contributed by atoms with Gasteiger partial charge >= 0.3 is 6.36 Å². The number of ketones is 1. The van der Waals surface area contributed by atoms with Crippen molar-refractivity contribution in [1.82, 2.24) is 4.31 Å². The summed E-state index contributed by atoms with van der Waals surface area (Å²) in [7, 11) is -3.78. The van der Waals surface area contributed by atoms with Crippen LogP contribution in [0.1, 0.15) is 24.8 Å². The molecule has 0 amide bonds. The minimum atomic E-state index is -4.80. The van der Waals surface area contributed by atoms with Gasteiger partial charge in [0.25, 0.3) is 10.0 Å². The Balaban J connectivity index is 1.34.